The molecular weight excluding hydrogens is 298 g/mol. The minimum atomic E-state index is -0.244. The second kappa shape index (κ2) is 5.70. The van der Waals surface area contributed by atoms with E-state index >= 15 is 0 Å². The van der Waals surface area contributed by atoms with Gasteiger partial charge in [0.15, 0.2) is 0 Å². The van der Waals surface area contributed by atoms with Gasteiger partial charge in [0.2, 0.25) is 0 Å². The summed E-state index contributed by atoms with van der Waals surface area (Å²) in [4.78, 5) is 12.5. The zero-order valence-electron chi connectivity index (χ0n) is 12.9. The van der Waals surface area contributed by atoms with E-state index in [0.717, 1.165) is 21.5 Å². The van der Waals surface area contributed by atoms with E-state index in [1.165, 1.54) is 0 Å². The van der Waals surface area contributed by atoms with Crippen molar-refractivity contribution < 1.29 is 9.90 Å². The summed E-state index contributed by atoms with van der Waals surface area (Å²) in [5, 5.41) is 17.1. The molecule has 4 aromatic carbocycles. The predicted octanol–water partition coefficient (Wildman–Crippen LogP) is 4.95. The largest absolute Gasteiger partial charge is 0.505 e. The number of benzene rings is 4. The molecule has 0 spiro atoms. The highest BCUT2D eigenvalue weighted by molar-refractivity contribution is 6.20. The zero-order chi connectivity index (χ0) is 16.5. The van der Waals surface area contributed by atoms with Crippen LogP contribution in [0.2, 0.25) is 0 Å². The van der Waals surface area contributed by atoms with Gasteiger partial charge < -0.3 is 10.4 Å². The Balaban J connectivity index is 1.94. The van der Waals surface area contributed by atoms with E-state index in [4.69, 9.17) is 0 Å². The van der Waals surface area contributed by atoms with Gasteiger partial charge in [-0.05, 0) is 22.9 Å². The molecule has 4 aromatic rings. The van der Waals surface area contributed by atoms with Crippen LogP contribution in [0.3, 0.4) is 0 Å². The van der Waals surface area contributed by atoms with Crippen LogP contribution in [-0.2, 0) is 0 Å². The number of phenolic OH excluding ortho intramolecular Hbond substituents is 1. The highest BCUT2D eigenvalue weighted by Crippen LogP contribution is 2.41. The minimum absolute atomic E-state index is 0.0913. The molecule has 0 aliphatic rings. The lowest BCUT2D eigenvalue weighted by atomic mass is 9.99. The second-order valence-electron chi connectivity index (χ2n) is 5.63. The molecule has 24 heavy (non-hydrogen) atoms. The predicted molar refractivity (Wildman–Crippen MR) is 97.5 cm³/mol. The molecule has 0 aliphatic carbocycles. The Morgan fingerprint density at radius 3 is 1.83 bits per heavy atom. The third-order valence-electron chi connectivity index (χ3n) is 4.18. The van der Waals surface area contributed by atoms with Gasteiger partial charge in [-0.15, -0.1) is 0 Å². The maximum atomic E-state index is 12.5. The van der Waals surface area contributed by atoms with Crippen LogP contribution < -0.4 is 5.32 Å². The van der Waals surface area contributed by atoms with Crippen molar-refractivity contribution in [3.8, 4) is 5.75 Å². The summed E-state index contributed by atoms with van der Waals surface area (Å²) in [6.07, 6.45) is 0. The molecule has 0 atom stereocenters. The van der Waals surface area contributed by atoms with E-state index in [1.54, 1.807) is 12.1 Å². The molecule has 3 nitrogen and oxygen atoms in total. The molecule has 0 aromatic heterocycles. The number of hydrogen-bond donors (Lipinski definition) is 2. The number of phenols is 1. The first-order chi connectivity index (χ1) is 11.8. The molecule has 3 heteroatoms. The van der Waals surface area contributed by atoms with Crippen molar-refractivity contribution in [2.24, 2.45) is 0 Å². The summed E-state index contributed by atoms with van der Waals surface area (Å²) in [6.45, 7) is 0. The average Bonchev–Trinajstić information content (AvgIpc) is 2.65. The zero-order valence-corrected chi connectivity index (χ0v) is 12.9. The lowest BCUT2D eigenvalue weighted by molar-refractivity contribution is 0.102. The Hall–Kier alpha value is -3.33. The van der Waals surface area contributed by atoms with Crippen molar-refractivity contribution in [2.45, 2.75) is 0 Å². The molecule has 0 bridgehead atoms. The third-order valence-corrected chi connectivity index (χ3v) is 4.18. The van der Waals surface area contributed by atoms with Gasteiger partial charge in [0.25, 0.3) is 5.91 Å². The van der Waals surface area contributed by atoms with Crippen LogP contribution in [0.25, 0.3) is 21.5 Å². The number of carbonyl (C=O) groups excluding carboxylic acids is 1. The lowest BCUT2D eigenvalue weighted by Gasteiger charge is -2.14. The van der Waals surface area contributed by atoms with Crippen molar-refractivity contribution in [3.05, 3.63) is 84.4 Å². The Kier molecular flexibility index (Phi) is 3.39. The fourth-order valence-corrected chi connectivity index (χ4v) is 3.02. The van der Waals surface area contributed by atoms with Crippen molar-refractivity contribution in [1.82, 2.24) is 0 Å². The smallest absolute Gasteiger partial charge is 0.255 e. The number of carbonyl (C=O) groups is 1. The summed E-state index contributed by atoms with van der Waals surface area (Å²) < 4.78 is 0. The van der Waals surface area contributed by atoms with E-state index < -0.39 is 0 Å². The Bertz CT molecular complexity index is 1060. The first-order valence-electron chi connectivity index (χ1n) is 7.74. The highest BCUT2D eigenvalue weighted by atomic mass is 16.3. The summed E-state index contributed by atoms with van der Waals surface area (Å²) in [6, 6.07) is 24.4. The molecule has 0 saturated heterocycles. The number of aromatic hydroxyl groups is 1. The van der Waals surface area contributed by atoms with Crippen molar-refractivity contribution >= 4 is 33.1 Å². The second-order valence-corrected chi connectivity index (χ2v) is 5.63. The SMILES string of the molecule is O=C(Nc1c(O)c2ccccc2c2ccccc12)c1ccccc1. The molecule has 2 N–H and O–H groups in total. The van der Waals surface area contributed by atoms with Crippen LogP contribution in [0.15, 0.2) is 78.9 Å². The minimum Gasteiger partial charge on any atom is -0.505 e. The van der Waals surface area contributed by atoms with Crippen LogP contribution in [0, 0.1) is 0 Å². The van der Waals surface area contributed by atoms with Crippen LogP contribution in [0.5, 0.6) is 5.75 Å². The molecule has 0 fully saturated rings. The van der Waals surface area contributed by atoms with E-state index in [0.29, 0.717) is 11.3 Å². The van der Waals surface area contributed by atoms with Gasteiger partial charge >= 0.3 is 0 Å². The van der Waals surface area contributed by atoms with Crippen LogP contribution in [0.4, 0.5) is 5.69 Å². The summed E-state index contributed by atoms with van der Waals surface area (Å²) >= 11 is 0. The number of anilines is 1. The number of rotatable bonds is 2. The van der Waals surface area contributed by atoms with E-state index in [-0.39, 0.29) is 11.7 Å². The van der Waals surface area contributed by atoms with Crippen LogP contribution >= 0.6 is 0 Å². The molecule has 0 saturated carbocycles. The van der Waals surface area contributed by atoms with Gasteiger partial charge in [-0.3, -0.25) is 4.79 Å². The third kappa shape index (κ3) is 2.27. The summed E-state index contributed by atoms with van der Waals surface area (Å²) in [5.74, 6) is -0.153. The number of hydrogen-bond acceptors (Lipinski definition) is 2. The van der Waals surface area contributed by atoms with Gasteiger partial charge in [-0.1, -0.05) is 66.7 Å². The Morgan fingerprint density at radius 1 is 0.667 bits per heavy atom. The molecule has 1 amide bonds. The topological polar surface area (TPSA) is 49.3 Å². The molecule has 0 heterocycles. The van der Waals surface area contributed by atoms with Crippen LogP contribution in [-0.4, -0.2) is 11.0 Å². The van der Waals surface area contributed by atoms with Gasteiger partial charge in [0, 0.05) is 16.3 Å². The maximum absolute atomic E-state index is 12.5. The summed E-state index contributed by atoms with van der Waals surface area (Å²) in [5.41, 5.74) is 0.993. The average molecular weight is 313 g/mol. The first kappa shape index (κ1) is 14.3. The van der Waals surface area contributed by atoms with Crippen molar-refractivity contribution in [1.29, 1.82) is 0 Å². The van der Waals surface area contributed by atoms with E-state index in [1.807, 2.05) is 66.7 Å². The van der Waals surface area contributed by atoms with Crippen LogP contribution in [0.1, 0.15) is 10.4 Å². The number of nitrogens with one attached hydrogen (secondary N) is 1. The maximum Gasteiger partial charge on any atom is 0.255 e. The van der Waals surface area contributed by atoms with Gasteiger partial charge in [0.1, 0.15) is 5.75 Å². The summed E-state index contributed by atoms with van der Waals surface area (Å²) in [7, 11) is 0. The highest BCUT2D eigenvalue weighted by Gasteiger charge is 2.16. The van der Waals surface area contributed by atoms with Gasteiger partial charge in [-0.2, -0.15) is 0 Å². The fourth-order valence-electron chi connectivity index (χ4n) is 3.02. The molecule has 0 unspecified atom stereocenters. The Morgan fingerprint density at radius 2 is 1.17 bits per heavy atom. The van der Waals surface area contributed by atoms with E-state index in [9.17, 15) is 9.90 Å². The standard InChI is InChI=1S/C21H15NO2/c23-20-18-13-7-5-11-16(18)15-10-4-6-12-17(15)19(20)22-21(24)14-8-2-1-3-9-14/h1-13,23H,(H,22,24). The Labute approximate surface area is 139 Å². The number of amides is 1. The molecule has 116 valence electrons. The quantitative estimate of drug-likeness (QED) is 0.406. The molecule has 0 aliphatic heterocycles. The van der Waals surface area contributed by atoms with Crippen molar-refractivity contribution in [3.63, 3.8) is 0 Å². The van der Waals surface area contributed by atoms with Crippen molar-refractivity contribution in [2.75, 3.05) is 5.32 Å². The molecular formula is C21H15NO2. The van der Waals surface area contributed by atoms with Gasteiger partial charge in [0.05, 0.1) is 5.69 Å². The van der Waals surface area contributed by atoms with E-state index in [2.05, 4.69) is 5.32 Å². The normalized spacial score (nSPS) is 10.8. The van der Waals surface area contributed by atoms with Gasteiger partial charge in [-0.25, -0.2) is 0 Å². The monoisotopic (exact) mass is 313 g/mol. The number of fused-ring (bicyclic) bond motifs is 3. The molecule has 4 rings (SSSR count). The lowest BCUT2D eigenvalue weighted by Crippen LogP contribution is -2.12. The first-order valence-corrected chi connectivity index (χ1v) is 7.74. The fraction of sp³-hybridized carbons (Fsp3) is 0. The molecule has 0 radical (unpaired) electrons.